The van der Waals surface area contributed by atoms with Crippen molar-refractivity contribution in [1.29, 1.82) is 0 Å². The fourth-order valence-electron chi connectivity index (χ4n) is 1.08. The molecular weight excluding hydrogens is 224 g/mol. The lowest BCUT2D eigenvalue weighted by molar-refractivity contribution is -0.116. The zero-order valence-electron chi connectivity index (χ0n) is 9.43. The molecule has 4 nitrogen and oxygen atoms in total. The second kappa shape index (κ2) is 6.40. The highest BCUT2D eigenvalue weighted by molar-refractivity contribution is 7.12. The zero-order valence-corrected chi connectivity index (χ0v) is 10.3. The number of thiazole rings is 1. The number of hydrogen-bond donors (Lipinski definition) is 2. The van der Waals surface area contributed by atoms with Gasteiger partial charge in [-0.05, 0) is 26.3 Å². The number of aliphatic hydroxyl groups excluding tert-OH is 1. The first-order valence-electron chi connectivity index (χ1n) is 5.14. The Morgan fingerprint density at radius 3 is 3.06 bits per heavy atom. The molecule has 1 amide bonds. The summed E-state index contributed by atoms with van der Waals surface area (Å²) in [5.74, 6) is -0.147. The van der Waals surface area contributed by atoms with Crippen molar-refractivity contribution >= 4 is 23.3 Å². The van der Waals surface area contributed by atoms with Crippen molar-refractivity contribution in [3.8, 4) is 0 Å². The molecule has 0 aromatic carbocycles. The molecule has 1 atom stereocenters. The van der Waals surface area contributed by atoms with Crippen LogP contribution >= 0.6 is 11.3 Å². The average Bonchev–Trinajstić information content (AvgIpc) is 2.61. The summed E-state index contributed by atoms with van der Waals surface area (Å²) in [5.41, 5.74) is 0. The number of nitrogens with one attached hydrogen (secondary N) is 1. The van der Waals surface area contributed by atoms with Crippen LogP contribution in [0.25, 0.3) is 6.08 Å². The monoisotopic (exact) mass is 240 g/mol. The number of carbonyl (C=O) groups is 1. The van der Waals surface area contributed by atoms with Gasteiger partial charge in [-0.3, -0.25) is 4.79 Å². The SMILES string of the molecule is Cc1ncc(C=CC(=O)NCCC(C)O)s1. The van der Waals surface area contributed by atoms with Crippen LogP contribution in [0.2, 0.25) is 0 Å². The molecule has 16 heavy (non-hydrogen) atoms. The summed E-state index contributed by atoms with van der Waals surface area (Å²) in [6.07, 6.45) is 5.14. The Hall–Kier alpha value is -1.20. The molecule has 0 spiro atoms. The maximum atomic E-state index is 11.3. The first kappa shape index (κ1) is 12.9. The van der Waals surface area contributed by atoms with E-state index in [-0.39, 0.29) is 12.0 Å². The van der Waals surface area contributed by atoms with Crippen molar-refractivity contribution < 1.29 is 9.90 Å². The van der Waals surface area contributed by atoms with Gasteiger partial charge in [-0.2, -0.15) is 0 Å². The van der Waals surface area contributed by atoms with Crippen LogP contribution in [-0.2, 0) is 4.79 Å². The molecule has 0 saturated carbocycles. The Morgan fingerprint density at radius 1 is 1.75 bits per heavy atom. The van der Waals surface area contributed by atoms with Crippen LogP contribution in [0.3, 0.4) is 0 Å². The fraction of sp³-hybridized carbons (Fsp3) is 0.455. The largest absolute Gasteiger partial charge is 0.393 e. The number of rotatable bonds is 5. The van der Waals surface area contributed by atoms with Gasteiger partial charge in [0.05, 0.1) is 11.1 Å². The van der Waals surface area contributed by atoms with E-state index >= 15 is 0 Å². The molecule has 1 aromatic heterocycles. The molecule has 0 bridgehead atoms. The van der Waals surface area contributed by atoms with Crippen LogP contribution in [0.4, 0.5) is 0 Å². The first-order valence-corrected chi connectivity index (χ1v) is 5.96. The van der Waals surface area contributed by atoms with Crippen molar-refractivity contribution in [2.24, 2.45) is 0 Å². The predicted octanol–water partition coefficient (Wildman–Crippen LogP) is 1.35. The summed E-state index contributed by atoms with van der Waals surface area (Å²) < 4.78 is 0. The molecule has 88 valence electrons. The van der Waals surface area contributed by atoms with Crippen LogP contribution in [0.1, 0.15) is 23.2 Å². The lowest BCUT2D eigenvalue weighted by Crippen LogP contribution is -2.24. The van der Waals surface area contributed by atoms with E-state index in [4.69, 9.17) is 5.11 Å². The Kier molecular flexibility index (Phi) is 5.14. The van der Waals surface area contributed by atoms with E-state index in [1.165, 1.54) is 6.08 Å². The van der Waals surface area contributed by atoms with E-state index in [0.29, 0.717) is 13.0 Å². The molecule has 1 rings (SSSR count). The second-order valence-electron chi connectivity index (χ2n) is 3.54. The van der Waals surface area contributed by atoms with Gasteiger partial charge >= 0.3 is 0 Å². The molecule has 0 radical (unpaired) electrons. The van der Waals surface area contributed by atoms with Crippen LogP contribution < -0.4 is 5.32 Å². The van der Waals surface area contributed by atoms with E-state index < -0.39 is 0 Å². The van der Waals surface area contributed by atoms with Gasteiger partial charge in [-0.1, -0.05) is 0 Å². The highest BCUT2D eigenvalue weighted by Crippen LogP contribution is 2.12. The van der Waals surface area contributed by atoms with Crippen molar-refractivity contribution in [2.45, 2.75) is 26.4 Å². The van der Waals surface area contributed by atoms with Gasteiger partial charge in [0, 0.05) is 23.7 Å². The Labute approximate surface area is 99.0 Å². The van der Waals surface area contributed by atoms with Gasteiger partial charge in [0.1, 0.15) is 0 Å². The number of aryl methyl sites for hydroxylation is 1. The lowest BCUT2D eigenvalue weighted by Gasteiger charge is -2.03. The Balaban J connectivity index is 2.31. The summed E-state index contributed by atoms with van der Waals surface area (Å²) in [6, 6.07) is 0. The summed E-state index contributed by atoms with van der Waals surface area (Å²) in [7, 11) is 0. The minimum absolute atomic E-state index is 0.147. The molecule has 2 N–H and O–H groups in total. The van der Waals surface area contributed by atoms with E-state index in [1.54, 1.807) is 30.5 Å². The van der Waals surface area contributed by atoms with Crippen LogP contribution in [0.15, 0.2) is 12.3 Å². The Morgan fingerprint density at radius 2 is 2.50 bits per heavy atom. The van der Waals surface area contributed by atoms with Crippen LogP contribution in [0.5, 0.6) is 0 Å². The van der Waals surface area contributed by atoms with Gasteiger partial charge in [-0.15, -0.1) is 11.3 Å². The van der Waals surface area contributed by atoms with E-state index in [1.807, 2.05) is 6.92 Å². The van der Waals surface area contributed by atoms with Crippen molar-refractivity contribution in [3.05, 3.63) is 22.2 Å². The molecule has 0 aliphatic heterocycles. The van der Waals surface area contributed by atoms with E-state index in [0.717, 1.165) is 9.88 Å². The number of nitrogens with zero attached hydrogens (tertiary/aromatic N) is 1. The summed E-state index contributed by atoms with van der Waals surface area (Å²) in [6.45, 7) is 4.11. The van der Waals surface area contributed by atoms with Crippen LogP contribution in [0, 0.1) is 6.92 Å². The number of carbonyl (C=O) groups excluding carboxylic acids is 1. The minimum atomic E-state index is -0.381. The van der Waals surface area contributed by atoms with Crippen molar-refractivity contribution in [3.63, 3.8) is 0 Å². The predicted molar refractivity (Wildman–Crippen MR) is 65.2 cm³/mol. The minimum Gasteiger partial charge on any atom is -0.393 e. The maximum absolute atomic E-state index is 11.3. The normalized spacial score (nSPS) is 12.9. The van der Waals surface area contributed by atoms with Crippen LogP contribution in [-0.4, -0.2) is 28.6 Å². The van der Waals surface area contributed by atoms with E-state index in [2.05, 4.69) is 10.3 Å². The molecule has 5 heteroatoms. The topological polar surface area (TPSA) is 62.2 Å². The highest BCUT2D eigenvalue weighted by atomic mass is 32.1. The zero-order chi connectivity index (χ0) is 12.0. The van der Waals surface area contributed by atoms with Gasteiger partial charge in [-0.25, -0.2) is 4.98 Å². The molecular formula is C11H16N2O2S. The smallest absolute Gasteiger partial charge is 0.244 e. The molecule has 0 aliphatic rings. The molecule has 0 fully saturated rings. The molecule has 1 aromatic rings. The number of aromatic nitrogens is 1. The molecule has 1 unspecified atom stereocenters. The summed E-state index contributed by atoms with van der Waals surface area (Å²) in [4.78, 5) is 16.4. The molecule has 0 aliphatic carbocycles. The average molecular weight is 240 g/mol. The van der Waals surface area contributed by atoms with Gasteiger partial charge in [0.25, 0.3) is 0 Å². The van der Waals surface area contributed by atoms with Crippen molar-refractivity contribution in [2.75, 3.05) is 6.54 Å². The quantitative estimate of drug-likeness (QED) is 0.764. The molecule has 1 heterocycles. The Bertz CT molecular complexity index is 372. The third-order valence-electron chi connectivity index (χ3n) is 1.90. The maximum Gasteiger partial charge on any atom is 0.244 e. The first-order chi connectivity index (χ1) is 7.58. The van der Waals surface area contributed by atoms with Gasteiger partial charge in [0.2, 0.25) is 5.91 Å². The number of aliphatic hydroxyl groups is 1. The highest BCUT2D eigenvalue weighted by Gasteiger charge is 1.98. The van der Waals surface area contributed by atoms with Gasteiger partial charge in [0.15, 0.2) is 0 Å². The number of amides is 1. The lowest BCUT2D eigenvalue weighted by atomic mass is 10.3. The third kappa shape index (κ3) is 5.04. The third-order valence-corrected chi connectivity index (χ3v) is 2.78. The summed E-state index contributed by atoms with van der Waals surface area (Å²) >= 11 is 1.54. The van der Waals surface area contributed by atoms with Crippen molar-refractivity contribution in [1.82, 2.24) is 10.3 Å². The standard InChI is InChI=1S/C11H16N2O2S/c1-8(14)5-6-12-11(15)4-3-10-7-13-9(2)16-10/h3-4,7-8,14H,5-6H2,1-2H3,(H,12,15). The molecule has 0 saturated heterocycles. The van der Waals surface area contributed by atoms with E-state index in [9.17, 15) is 4.79 Å². The number of hydrogen-bond acceptors (Lipinski definition) is 4. The summed E-state index contributed by atoms with van der Waals surface area (Å²) in [5, 5.41) is 12.7. The van der Waals surface area contributed by atoms with Gasteiger partial charge < -0.3 is 10.4 Å². The second-order valence-corrected chi connectivity index (χ2v) is 4.81. The fourth-order valence-corrected chi connectivity index (χ4v) is 1.76.